The molecular weight excluding hydrogens is 354 g/mol. The number of ether oxygens (including phenoxy) is 1. The van der Waals surface area contributed by atoms with Crippen LogP contribution < -0.4 is 10.5 Å². The average molecular weight is 386 g/mol. The summed E-state index contributed by atoms with van der Waals surface area (Å²) in [6.07, 6.45) is 4.35. The topological polar surface area (TPSA) is 75.9 Å². The van der Waals surface area contributed by atoms with Crippen LogP contribution in [0.15, 0.2) is 30.3 Å². The molecule has 3 fully saturated rings. The van der Waals surface area contributed by atoms with Crippen LogP contribution in [0.5, 0.6) is 5.75 Å². The van der Waals surface area contributed by atoms with Gasteiger partial charge in [-0.2, -0.15) is 0 Å². The van der Waals surface area contributed by atoms with Gasteiger partial charge in [0.15, 0.2) is 0 Å². The molecule has 0 bridgehead atoms. The molecule has 2 amide bonds. The van der Waals surface area contributed by atoms with Gasteiger partial charge in [-0.3, -0.25) is 9.59 Å². The molecule has 0 aromatic heterocycles. The molecule has 28 heavy (non-hydrogen) atoms. The number of fused-ring (bicyclic) bond motifs is 1. The van der Waals surface area contributed by atoms with E-state index in [1.165, 1.54) is 0 Å². The molecule has 1 aromatic rings. The zero-order valence-corrected chi connectivity index (χ0v) is 16.5. The summed E-state index contributed by atoms with van der Waals surface area (Å²) in [6, 6.07) is 9.78. The quantitative estimate of drug-likeness (QED) is 0.840. The number of benzene rings is 1. The molecule has 2 aliphatic heterocycles. The average Bonchev–Trinajstić information content (AvgIpc) is 3.30. The van der Waals surface area contributed by atoms with Crippen molar-refractivity contribution in [3.63, 3.8) is 0 Å². The van der Waals surface area contributed by atoms with Gasteiger partial charge in [0, 0.05) is 32.2 Å². The number of amides is 2. The van der Waals surface area contributed by atoms with Crippen molar-refractivity contribution >= 4 is 11.8 Å². The summed E-state index contributed by atoms with van der Waals surface area (Å²) in [5, 5.41) is 0. The van der Waals surface area contributed by atoms with Crippen LogP contribution in [0, 0.1) is 17.8 Å². The van der Waals surface area contributed by atoms with Crippen molar-refractivity contribution in [2.24, 2.45) is 23.5 Å². The number of piperidine rings is 1. The first-order valence-electron chi connectivity index (χ1n) is 10.6. The molecule has 1 aliphatic carbocycles. The van der Waals surface area contributed by atoms with Gasteiger partial charge in [-0.1, -0.05) is 18.2 Å². The summed E-state index contributed by atoms with van der Waals surface area (Å²) in [5.74, 6) is 2.06. The zero-order chi connectivity index (χ0) is 19.5. The highest BCUT2D eigenvalue weighted by molar-refractivity contribution is 5.81. The van der Waals surface area contributed by atoms with E-state index < -0.39 is 0 Å². The Balaban J connectivity index is 1.25. The number of para-hydroxylation sites is 1. The van der Waals surface area contributed by atoms with Crippen LogP contribution >= 0.6 is 0 Å². The first-order chi connectivity index (χ1) is 13.6. The van der Waals surface area contributed by atoms with E-state index in [0.29, 0.717) is 31.4 Å². The van der Waals surface area contributed by atoms with Crippen LogP contribution in [0.25, 0.3) is 0 Å². The normalized spacial score (nSPS) is 29.6. The minimum Gasteiger partial charge on any atom is -0.493 e. The second-order valence-electron chi connectivity index (χ2n) is 8.50. The van der Waals surface area contributed by atoms with E-state index in [-0.39, 0.29) is 23.8 Å². The maximum atomic E-state index is 13.0. The number of nitrogens with zero attached hydrogens (tertiary/aromatic N) is 2. The molecule has 6 nitrogen and oxygen atoms in total. The fourth-order valence-corrected chi connectivity index (χ4v) is 5.08. The van der Waals surface area contributed by atoms with Gasteiger partial charge >= 0.3 is 0 Å². The van der Waals surface area contributed by atoms with Crippen molar-refractivity contribution in [1.29, 1.82) is 0 Å². The SMILES string of the molecule is NC1CCC2CN(C(=O)C3CCCN(C(=O)CCOc4ccccc4)C3)CC12. The molecule has 4 unspecified atom stereocenters. The standard InChI is InChI=1S/C22H31N3O3/c23-20-9-8-16-13-25(15-19(16)20)22(27)17-5-4-11-24(14-17)21(26)10-12-28-18-6-2-1-3-7-18/h1-3,6-7,16-17,19-20H,4-5,8-15,23H2. The van der Waals surface area contributed by atoms with E-state index in [1.807, 2.05) is 40.1 Å². The number of rotatable bonds is 5. The molecule has 1 aromatic carbocycles. The summed E-state index contributed by atoms with van der Waals surface area (Å²) in [4.78, 5) is 29.5. The molecule has 2 saturated heterocycles. The Labute approximate surface area is 167 Å². The lowest BCUT2D eigenvalue weighted by molar-refractivity contribution is -0.140. The number of hydrogen-bond acceptors (Lipinski definition) is 4. The third-order valence-corrected chi connectivity index (χ3v) is 6.68. The fourth-order valence-electron chi connectivity index (χ4n) is 5.08. The number of carbonyl (C=O) groups excluding carboxylic acids is 2. The molecule has 0 spiro atoms. The predicted molar refractivity (Wildman–Crippen MR) is 107 cm³/mol. The van der Waals surface area contributed by atoms with E-state index in [9.17, 15) is 9.59 Å². The second-order valence-corrected chi connectivity index (χ2v) is 8.50. The van der Waals surface area contributed by atoms with Crippen LogP contribution in [0.2, 0.25) is 0 Å². The molecule has 2 heterocycles. The van der Waals surface area contributed by atoms with Crippen LogP contribution in [-0.2, 0) is 9.59 Å². The molecule has 152 valence electrons. The Kier molecular flexibility index (Phi) is 5.85. The number of likely N-dealkylation sites (tertiary alicyclic amines) is 2. The van der Waals surface area contributed by atoms with Gasteiger partial charge in [-0.05, 0) is 49.7 Å². The Morgan fingerprint density at radius 1 is 1.04 bits per heavy atom. The predicted octanol–water partition coefficient (Wildman–Crippen LogP) is 1.89. The molecule has 1 saturated carbocycles. The minimum atomic E-state index is -0.0669. The van der Waals surface area contributed by atoms with Gasteiger partial charge in [0.2, 0.25) is 11.8 Å². The number of hydrogen-bond donors (Lipinski definition) is 1. The summed E-state index contributed by atoms with van der Waals surface area (Å²) in [5.41, 5.74) is 6.21. The lowest BCUT2D eigenvalue weighted by Crippen LogP contribution is -2.47. The maximum Gasteiger partial charge on any atom is 0.227 e. The molecule has 4 rings (SSSR count). The van der Waals surface area contributed by atoms with Crippen molar-refractivity contribution < 1.29 is 14.3 Å². The Hall–Kier alpha value is -2.08. The third kappa shape index (κ3) is 4.17. The van der Waals surface area contributed by atoms with Crippen molar-refractivity contribution in [3.8, 4) is 5.75 Å². The van der Waals surface area contributed by atoms with Crippen LogP contribution in [0.3, 0.4) is 0 Å². The molecule has 0 radical (unpaired) electrons. The van der Waals surface area contributed by atoms with E-state index in [1.54, 1.807) is 0 Å². The van der Waals surface area contributed by atoms with Crippen molar-refractivity contribution in [2.45, 2.75) is 38.1 Å². The van der Waals surface area contributed by atoms with Crippen molar-refractivity contribution in [3.05, 3.63) is 30.3 Å². The highest BCUT2D eigenvalue weighted by atomic mass is 16.5. The van der Waals surface area contributed by atoms with Crippen LogP contribution in [0.4, 0.5) is 0 Å². The fraction of sp³-hybridized carbons (Fsp3) is 0.636. The van der Waals surface area contributed by atoms with Gasteiger partial charge in [0.25, 0.3) is 0 Å². The lowest BCUT2D eigenvalue weighted by Gasteiger charge is -2.34. The highest BCUT2D eigenvalue weighted by Gasteiger charge is 2.44. The molecular formula is C22H31N3O3. The maximum absolute atomic E-state index is 13.0. The Morgan fingerprint density at radius 2 is 1.86 bits per heavy atom. The summed E-state index contributed by atoms with van der Waals surface area (Å²) >= 11 is 0. The minimum absolute atomic E-state index is 0.0669. The van der Waals surface area contributed by atoms with E-state index in [0.717, 1.165) is 51.1 Å². The second kappa shape index (κ2) is 8.52. The molecule has 3 aliphatic rings. The van der Waals surface area contributed by atoms with Crippen molar-refractivity contribution in [2.75, 3.05) is 32.8 Å². The van der Waals surface area contributed by atoms with E-state index in [4.69, 9.17) is 10.5 Å². The smallest absolute Gasteiger partial charge is 0.227 e. The van der Waals surface area contributed by atoms with E-state index >= 15 is 0 Å². The first kappa shape index (κ1) is 19.2. The third-order valence-electron chi connectivity index (χ3n) is 6.68. The largest absolute Gasteiger partial charge is 0.493 e. The van der Waals surface area contributed by atoms with Gasteiger partial charge in [0.05, 0.1) is 18.9 Å². The Bertz CT molecular complexity index is 696. The van der Waals surface area contributed by atoms with Crippen molar-refractivity contribution in [1.82, 2.24) is 9.80 Å². The van der Waals surface area contributed by atoms with Gasteiger partial charge in [0.1, 0.15) is 5.75 Å². The summed E-state index contributed by atoms with van der Waals surface area (Å²) < 4.78 is 5.64. The first-order valence-corrected chi connectivity index (χ1v) is 10.6. The number of carbonyl (C=O) groups is 2. The van der Waals surface area contributed by atoms with Gasteiger partial charge in [-0.25, -0.2) is 0 Å². The summed E-state index contributed by atoms with van der Waals surface area (Å²) in [7, 11) is 0. The van der Waals surface area contributed by atoms with Crippen LogP contribution in [0.1, 0.15) is 32.1 Å². The monoisotopic (exact) mass is 385 g/mol. The molecule has 2 N–H and O–H groups in total. The van der Waals surface area contributed by atoms with Gasteiger partial charge < -0.3 is 20.3 Å². The lowest BCUT2D eigenvalue weighted by atomic mass is 9.96. The van der Waals surface area contributed by atoms with Crippen LogP contribution in [-0.4, -0.2) is 60.4 Å². The van der Waals surface area contributed by atoms with E-state index in [2.05, 4.69) is 0 Å². The zero-order valence-electron chi connectivity index (χ0n) is 16.5. The summed E-state index contributed by atoms with van der Waals surface area (Å²) in [6.45, 7) is 3.31. The number of nitrogens with two attached hydrogens (primary N) is 1. The van der Waals surface area contributed by atoms with Gasteiger partial charge in [-0.15, -0.1) is 0 Å². The Morgan fingerprint density at radius 3 is 2.64 bits per heavy atom. The molecule has 6 heteroatoms. The molecule has 4 atom stereocenters. The highest BCUT2D eigenvalue weighted by Crippen LogP contribution is 2.38.